The van der Waals surface area contributed by atoms with Crippen molar-refractivity contribution in [1.29, 1.82) is 0 Å². The molecule has 0 unspecified atom stereocenters. The topological polar surface area (TPSA) is 50.8 Å². The molecule has 0 saturated carbocycles. The summed E-state index contributed by atoms with van der Waals surface area (Å²) in [5.41, 5.74) is 2.98. The average Bonchev–Trinajstić information content (AvgIpc) is 2.77. The zero-order valence-corrected chi connectivity index (χ0v) is 17.2. The van der Waals surface area contributed by atoms with E-state index in [-0.39, 0.29) is 5.91 Å². The van der Waals surface area contributed by atoms with Crippen molar-refractivity contribution >= 4 is 5.91 Å². The Morgan fingerprint density at radius 1 is 1.10 bits per heavy atom. The first-order chi connectivity index (χ1) is 14.2. The molecule has 1 aliphatic heterocycles. The number of carbonyl (C=O) groups is 1. The van der Waals surface area contributed by atoms with Gasteiger partial charge in [-0.25, -0.2) is 0 Å². The Morgan fingerprint density at radius 3 is 2.59 bits per heavy atom. The molecule has 0 atom stereocenters. The summed E-state index contributed by atoms with van der Waals surface area (Å²) in [5, 5.41) is 3.04. The second kappa shape index (κ2) is 10.7. The number of hydrogen-bond acceptors (Lipinski definition) is 4. The highest BCUT2D eigenvalue weighted by Gasteiger charge is 2.14. The van der Waals surface area contributed by atoms with Crippen molar-refractivity contribution in [2.75, 3.05) is 26.8 Å². The second-order valence-electron chi connectivity index (χ2n) is 7.25. The number of carbonyl (C=O) groups excluding carboxylic acids is 1. The summed E-state index contributed by atoms with van der Waals surface area (Å²) in [5.74, 6) is 0.993. The lowest BCUT2D eigenvalue weighted by Crippen LogP contribution is -2.30. The minimum Gasteiger partial charge on any atom is -0.493 e. The van der Waals surface area contributed by atoms with Gasteiger partial charge >= 0.3 is 0 Å². The molecule has 29 heavy (non-hydrogen) atoms. The zero-order valence-electron chi connectivity index (χ0n) is 17.2. The van der Waals surface area contributed by atoms with E-state index in [1.807, 2.05) is 6.07 Å². The summed E-state index contributed by atoms with van der Waals surface area (Å²) in [6, 6.07) is 13.5. The van der Waals surface area contributed by atoms with Gasteiger partial charge < -0.3 is 14.8 Å². The van der Waals surface area contributed by atoms with Crippen molar-refractivity contribution < 1.29 is 14.3 Å². The van der Waals surface area contributed by atoms with Gasteiger partial charge in [0.2, 0.25) is 0 Å². The lowest BCUT2D eigenvalue weighted by atomic mass is 10.0. The van der Waals surface area contributed by atoms with Gasteiger partial charge in [0.05, 0.1) is 7.11 Å². The number of piperidine rings is 1. The van der Waals surface area contributed by atoms with E-state index >= 15 is 0 Å². The van der Waals surface area contributed by atoms with E-state index in [0.717, 1.165) is 25.2 Å². The number of rotatable bonds is 9. The van der Waals surface area contributed by atoms with Crippen LogP contribution < -0.4 is 14.8 Å². The number of nitrogens with zero attached hydrogens (tertiary/aromatic N) is 1. The minimum absolute atomic E-state index is 0.133. The van der Waals surface area contributed by atoms with Crippen molar-refractivity contribution in [2.24, 2.45) is 0 Å². The van der Waals surface area contributed by atoms with Crippen LogP contribution >= 0.6 is 0 Å². The summed E-state index contributed by atoms with van der Waals surface area (Å²) in [6.45, 7) is 7.77. The first-order valence-electron chi connectivity index (χ1n) is 10.2. The fourth-order valence-corrected chi connectivity index (χ4v) is 3.60. The summed E-state index contributed by atoms with van der Waals surface area (Å²) < 4.78 is 10.9. The summed E-state index contributed by atoms with van der Waals surface area (Å²) >= 11 is 0. The van der Waals surface area contributed by atoms with Crippen LogP contribution in [0.3, 0.4) is 0 Å². The molecule has 2 aromatic rings. The van der Waals surface area contributed by atoms with Gasteiger partial charge in [0.15, 0.2) is 11.5 Å². The van der Waals surface area contributed by atoms with Crippen LogP contribution in [-0.2, 0) is 13.1 Å². The number of nitrogens with one attached hydrogen (secondary N) is 1. The standard InChI is InChI=1S/C24H30N2O3/c1-3-15-29-22-12-11-19(16-23(22)28-2)24(27)25-17-20-9-5-6-10-21(20)18-26-13-7-4-8-14-26/h3,5-6,9-12,16H,1,4,7-8,13-15,17-18H2,2H3,(H,25,27). The third-order valence-electron chi connectivity index (χ3n) is 5.18. The summed E-state index contributed by atoms with van der Waals surface area (Å²) in [4.78, 5) is 15.2. The van der Waals surface area contributed by atoms with E-state index in [9.17, 15) is 4.79 Å². The van der Waals surface area contributed by atoms with Gasteiger partial charge in [-0.05, 0) is 55.3 Å². The Labute approximate surface area is 173 Å². The van der Waals surface area contributed by atoms with Crippen molar-refractivity contribution in [3.63, 3.8) is 0 Å². The maximum absolute atomic E-state index is 12.7. The first-order valence-corrected chi connectivity index (χ1v) is 10.2. The van der Waals surface area contributed by atoms with Gasteiger partial charge in [-0.1, -0.05) is 43.3 Å². The van der Waals surface area contributed by atoms with Crippen LogP contribution in [-0.4, -0.2) is 37.6 Å². The van der Waals surface area contributed by atoms with Gasteiger partial charge in [-0.15, -0.1) is 0 Å². The molecule has 5 heteroatoms. The van der Waals surface area contributed by atoms with E-state index in [4.69, 9.17) is 9.47 Å². The SMILES string of the molecule is C=CCOc1ccc(C(=O)NCc2ccccc2CN2CCCCC2)cc1OC. The number of benzene rings is 2. The molecule has 5 nitrogen and oxygen atoms in total. The molecule has 1 heterocycles. The highest BCUT2D eigenvalue weighted by molar-refractivity contribution is 5.94. The van der Waals surface area contributed by atoms with Gasteiger partial charge in [-0.3, -0.25) is 9.69 Å². The third kappa shape index (κ3) is 5.84. The normalized spacial score (nSPS) is 14.2. The van der Waals surface area contributed by atoms with Crippen molar-refractivity contribution in [1.82, 2.24) is 10.2 Å². The number of hydrogen-bond donors (Lipinski definition) is 1. The minimum atomic E-state index is -0.133. The van der Waals surface area contributed by atoms with Crippen molar-refractivity contribution in [3.05, 3.63) is 71.8 Å². The Bertz CT molecular complexity index is 829. The predicted molar refractivity (Wildman–Crippen MR) is 115 cm³/mol. The van der Waals surface area contributed by atoms with E-state index in [2.05, 4.69) is 35.0 Å². The molecule has 3 rings (SSSR count). The quantitative estimate of drug-likeness (QED) is 0.649. The molecule has 0 bridgehead atoms. The largest absolute Gasteiger partial charge is 0.493 e. The molecule has 0 aromatic heterocycles. The molecule has 0 radical (unpaired) electrons. The first kappa shape index (κ1) is 20.9. The van der Waals surface area contributed by atoms with E-state index in [1.54, 1.807) is 31.4 Å². The second-order valence-corrected chi connectivity index (χ2v) is 7.25. The Kier molecular flexibility index (Phi) is 7.70. The van der Waals surface area contributed by atoms with E-state index in [0.29, 0.717) is 30.2 Å². The summed E-state index contributed by atoms with van der Waals surface area (Å²) in [7, 11) is 1.56. The van der Waals surface area contributed by atoms with Crippen LogP contribution in [0.25, 0.3) is 0 Å². The molecule has 1 amide bonds. The highest BCUT2D eigenvalue weighted by Crippen LogP contribution is 2.28. The van der Waals surface area contributed by atoms with Gasteiger partial charge in [0, 0.05) is 18.7 Å². The average molecular weight is 395 g/mol. The summed E-state index contributed by atoms with van der Waals surface area (Å²) in [6.07, 6.45) is 5.54. The maximum atomic E-state index is 12.7. The molecule has 2 aromatic carbocycles. The molecular formula is C24H30N2O3. The third-order valence-corrected chi connectivity index (χ3v) is 5.18. The van der Waals surface area contributed by atoms with Crippen LogP contribution in [0, 0.1) is 0 Å². The fraction of sp³-hybridized carbons (Fsp3) is 0.375. The zero-order chi connectivity index (χ0) is 20.5. The lowest BCUT2D eigenvalue weighted by Gasteiger charge is -2.27. The highest BCUT2D eigenvalue weighted by atomic mass is 16.5. The molecular weight excluding hydrogens is 364 g/mol. The number of amides is 1. The number of likely N-dealkylation sites (tertiary alicyclic amines) is 1. The van der Waals surface area contributed by atoms with Gasteiger partial charge in [0.1, 0.15) is 6.61 Å². The van der Waals surface area contributed by atoms with Crippen LogP contribution in [0.4, 0.5) is 0 Å². The van der Waals surface area contributed by atoms with Crippen LogP contribution in [0.1, 0.15) is 40.7 Å². The van der Waals surface area contributed by atoms with E-state index in [1.165, 1.54) is 24.8 Å². The molecule has 1 saturated heterocycles. The lowest BCUT2D eigenvalue weighted by molar-refractivity contribution is 0.0950. The number of ether oxygens (including phenoxy) is 2. The van der Waals surface area contributed by atoms with Crippen LogP contribution in [0.15, 0.2) is 55.1 Å². The van der Waals surface area contributed by atoms with Crippen molar-refractivity contribution in [2.45, 2.75) is 32.4 Å². The van der Waals surface area contributed by atoms with Gasteiger partial charge in [0.25, 0.3) is 5.91 Å². The Hall–Kier alpha value is -2.79. The van der Waals surface area contributed by atoms with Crippen LogP contribution in [0.2, 0.25) is 0 Å². The van der Waals surface area contributed by atoms with Gasteiger partial charge in [-0.2, -0.15) is 0 Å². The molecule has 1 fully saturated rings. The van der Waals surface area contributed by atoms with Crippen LogP contribution in [0.5, 0.6) is 11.5 Å². The molecule has 0 spiro atoms. The predicted octanol–water partition coefficient (Wildman–Crippen LogP) is 4.18. The Morgan fingerprint density at radius 2 is 1.86 bits per heavy atom. The van der Waals surface area contributed by atoms with Crippen molar-refractivity contribution in [3.8, 4) is 11.5 Å². The maximum Gasteiger partial charge on any atom is 0.251 e. The fourth-order valence-electron chi connectivity index (χ4n) is 3.60. The molecule has 154 valence electrons. The monoisotopic (exact) mass is 394 g/mol. The molecule has 1 N–H and O–H groups in total. The van der Waals surface area contributed by atoms with E-state index < -0.39 is 0 Å². The smallest absolute Gasteiger partial charge is 0.251 e. The number of methoxy groups -OCH3 is 1. The Balaban J connectivity index is 1.64. The molecule has 1 aliphatic rings. The molecule has 0 aliphatic carbocycles.